The SMILES string of the molecule is Cc1nc(-c2cccc(Br)c2)[nH]c(=O)c1CCO. The molecule has 0 saturated carbocycles. The van der Waals surface area contributed by atoms with Crippen LogP contribution < -0.4 is 5.56 Å². The second-order valence-electron chi connectivity index (χ2n) is 3.96. The highest BCUT2D eigenvalue weighted by Crippen LogP contribution is 2.19. The van der Waals surface area contributed by atoms with Gasteiger partial charge in [-0.2, -0.15) is 0 Å². The van der Waals surface area contributed by atoms with Crippen molar-refractivity contribution in [3.05, 3.63) is 50.3 Å². The number of hydrogen-bond acceptors (Lipinski definition) is 3. The quantitative estimate of drug-likeness (QED) is 0.912. The number of aryl methyl sites for hydroxylation is 1. The first kappa shape index (κ1) is 13.0. The van der Waals surface area contributed by atoms with E-state index in [9.17, 15) is 4.79 Å². The fourth-order valence-electron chi connectivity index (χ4n) is 1.79. The lowest BCUT2D eigenvalue weighted by atomic mass is 10.1. The summed E-state index contributed by atoms with van der Waals surface area (Å²) >= 11 is 3.38. The van der Waals surface area contributed by atoms with Crippen LogP contribution in [0.25, 0.3) is 11.4 Å². The van der Waals surface area contributed by atoms with Gasteiger partial charge in [-0.15, -0.1) is 0 Å². The van der Waals surface area contributed by atoms with Crippen LogP contribution in [0.3, 0.4) is 0 Å². The van der Waals surface area contributed by atoms with Gasteiger partial charge in [0.25, 0.3) is 5.56 Å². The molecule has 0 amide bonds. The van der Waals surface area contributed by atoms with Crippen LogP contribution in [0, 0.1) is 6.92 Å². The van der Waals surface area contributed by atoms with Gasteiger partial charge in [0.1, 0.15) is 5.82 Å². The Hall–Kier alpha value is -1.46. The van der Waals surface area contributed by atoms with Crippen molar-refractivity contribution >= 4 is 15.9 Å². The lowest BCUT2D eigenvalue weighted by Gasteiger charge is -2.06. The van der Waals surface area contributed by atoms with Crippen molar-refractivity contribution in [2.24, 2.45) is 0 Å². The van der Waals surface area contributed by atoms with Crippen molar-refractivity contribution in [3.8, 4) is 11.4 Å². The van der Waals surface area contributed by atoms with E-state index in [4.69, 9.17) is 5.11 Å². The Morgan fingerprint density at radius 3 is 2.83 bits per heavy atom. The van der Waals surface area contributed by atoms with Crippen molar-refractivity contribution in [2.75, 3.05) is 6.61 Å². The number of rotatable bonds is 3. The number of nitrogens with zero attached hydrogens (tertiary/aromatic N) is 1. The minimum atomic E-state index is -0.188. The Morgan fingerprint density at radius 1 is 1.44 bits per heavy atom. The van der Waals surface area contributed by atoms with E-state index in [1.54, 1.807) is 6.92 Å². The number of nitrogens with one attached hydrogen (secondary N) is 1. The molecular weight excluding hydrogens is 296 g/mol. The van der Waals surface area contributed by atoms with E-state index in [-0.39, 0.29) is 12.2 Å². The van der Waals surface area contributed by atoms with Crippen LogP contribution in [0.1, 0.15) is 11.3 Å². The molecule has 0 radical (unpaired) electrons. The second-order valence-corrected chi connectivity index (χ2v) is 4.88. The predicted molar refractivity (Wildman–Crippen MR) is 73.5 cm³/mol. The van der Waals surface area contributed by atoms with Gasteiger partial charge >= 0.3 is 0 Å². The Labute approximate surface area is 113 Å². The maximum atomic E-state index is 11.9. The molecule has 0 atom stereocenters. The molecular formula is C13H13BrN2O2. The molecule has 0 aliphatic rings. The normalized spacial score (nSPS) is 10.6. The number of aromatic amines is 1. The molecule has 1 aromatic heterocycles. The molecule has 5 heteroatoms. The Morgan fingerprint density at radius 2 is 2.22 bits per heavy atom. The average Bonchev–Trinajstić information content (AvgIpc) is 2.33. The van der Waals surface area contributed by atoms with Gasteiger partial charge in [-0.1, -0.05) is 28.1 Å². The van der Waals surface area contributed by atoms with Gasteiger partial charge < -0.3 is 10.1 Å². The van der Waals surface area contributed by atoms with Gasteiger partial charge in [0.2, 0.25) is 0 Å². The summed E-state index contributed by atoms with van der Waals surface area (Å²) in [6, 6.07) is 7.57. The van der Waals surface area contributed by atoms with Crippen LogP contribution in [-0.2, 0) is 6.42 Å². The van der Waals surface area contributed by atoms with E-state index >= 15 is 0 Å². The van der Waals surface area contributed by atoms with E-state index < -0.39 is 0 Å². The zero-order chi connectivity index (χ0) is 13.1. The van der Waals surface area contributed by atoms with Crippen molar-refractivity contribution in [3.63, 3.8) is 0 Å². The average molecular weight is 309 g/mol. The molecule has 0 spiro atoms. The summed E-state index contributed by atoms with van der Waals surface area (Å²) in [4.78, 5) is 19.0. The second kappa shape index (κ2) is 5.46. The summed E-state index contributed by atoms with van der Waals surface area (Å²) < 4.78 is 0.930. The number of benzene rings is 1. The third kappa shape index (κ3) is 2.68. The van der Waals surface area contributed by atoms with Gasteiger partial charge in [-0.25, -0.2) is 4.98 Å². The van der Waals surface area contributed by atoms with Gasteiger partial charge in [0.05, 0.1) is 0 Å². The molecule has 0 aliphatic carbocycles. The Bertz CT molecular complexity index is 623. The van der Waals surface area contributed by atoms with E-state index in [0.29, 0.717) is 23.5 Å². The number of H-pyrrole nitrogens is 1. The topological polar surface area (TPSA) is 66.0 Å². The van der Waals surface area contributed by atoms with Crippen molar-refractivity contribution in [1.29, 1.82) is 0 Å². The zero-order valence-corrected chi connectivity index (χ0v) is 11.5. The Balaban J connectivity index is 2.51. The molecule has 0 unspecified atom stereocenters. The molecule has 2 aromatic rings. The third-order valence-corrected chi connectivity index (χ3v) is 3.18. The van der Waals surface area contributed by atoms with Crippen LogP contribution in [0.5, 0.6) is 0 Å². The smallest absolute Gasteiger partial charge is 0.254 e. The van der Waals surface area contributed by atoms with Crippen molar-refractivity contribution in [2.45, 2.75) is 13.3 Å². The molecule has 0 fully saturated rings. The maximum absolute atomic E-state index is 11.9. The summed E-state index contributed by atoms with van der Waals surface area (Å²) in [5, 5.41) is 8.90. The number of halogens is 1. The zero-order valence-electron chi connectivity index (χ0n) is 9.90. The highest BCUT2D eigenvalue weighted by Gasteiger charge is 2.09. The predicted octanol–water partition coefficient (Wildman–Crippen LogP) is 2.04. The standard InChI is InChI=1S/C13H13BrN2O2/c1-8-11(5-6-17)13(18)16-12(15-8)9-3-2-4-10(14)7-9/h2-4,7,17H,5-6H2,1H3,(H,15,16,18). The molecule has 18 heavy (non-hydrogen) atoms. The van der Waals surface area contributed by atoms with Crippen LogP contribution >= 0.6 is 15.9 Å². The minimum absolute atomic E-state index is 0.0537. The molecule has 4 nitrogen and oxygen atoms in total. The molecule has 94 valence electrons. The fourth-order valence-corrected chi connectivity index (χ4v) is 2.19. The summed E-state index contributed by atoms with van der Waals surface area (Å²) in [5.74, 6) is 0.542. The number of hydrogen-bond donors (Lipinski definition) is 2. The number of aliphatic hydroxyl groups excluding tert-OH is 1. The minimum Gasteiger partial charge on any atom is -0.396 e. The molecule has 0 bridgehead atoms. The third-order valence-electron chi connectivity index (χ3n) is 2.68. The van der Waals surface area contributed by atoms with Gasteiger partial charge in [-0.05, 0) is 19.1 Å². The first-order valence-corrected chi connectivity index (χ1v) is 6.37. The van der Waals surface area contributed by atoms with E-state index in [2.05, 4.69) is 25.9 Å². The summed E-state index contributed by atoms with van der Waals surface area (Å²) in [5.41, 5.74) is 1.85. The first-order chi connectivity index (χ1) is 8.61. The fraction of sp³-hybridized carbons (Fsp3) is 0.231. The summed E-state index contributed by atoms with van der Waals surface area (Å²) in [7, 11) is 0. The van der Waals surface area contributed by atoms with Crippen molar-refractivity contribution < 1.29 is 5.11 Å². The molecule has 1 heterocycles. The highest BCUT2D eigenvalue weighted by molar-refractivity contribution is 9.10. The van der Waals surface area contributed by atoms with E-state index in [0.717, 1.165) is 10.0 Å². The molecule has 2 N–H and O–H groups in total. The van der Waals surface area contributed by atoms with Gasteiger partial charge in [0, 0.05) is 34.3 Å². The number of aromatic nitrogens is 2. The summed E-state index contributed by atoms with van der Waals surface area (Å²) in [6.45, 7) is 1.73. The molecule has 0 saturated heterocycles. The van der Waals surface area contributed by atoms with E-state index in [1.807, 2.05) is 24.3 Å². The summed E-state index contributed by atoms with van der Waals surface area (Å²) in [6.07, 6.45) is 0.326. The number of aliphatic hydroxyl groups is 1. The molecule has 0 aliphatic heterocycles. The van der Waals surface area contributed by atoms with Crippen molar-refractivity contribution in [1.82, 2.24) is 9.97 Å². The highest BCUT2D eigenvalue weighted by atomic mass is 79.9. The molecule has 2 rings (SSSR count). The lowest BCUT2D eigenvalue weighted by Crippen LogP contribution is -2.18. The van der Waals surface area contributed by atoms with Gasteiger partial charge in [-0.3, -0.25) is 4.79 Å². The van der Waals surface area contributed by atoms with Crippen LogP contribution in [-0.4, -0.2) is 21.7 Å². The lowest BCUT2D eigenvalue weighted by molar-refractivity contribution is 0.298. The van der Waals surface area contributed by atoms with Gasteiger partial charge in [0.15, 0.2) is 0 Å². The van der Waals surface area contributed by atoms with Crippen LogP contribution in [0.2, 0.25) is 0 Å². The monoisotopic (exact) mass is 308 g/mol. The Kier molecular flexibility index (Phi) is 3.93. The first-order valence-electron chi connectivity index (χ1n) is 5.58. The van der Waals surface area contributed by atoms with Crippen LogP contribution in [0.15, 0.2) is 33.5 Å². The largest absolute Gasteiger partial charge is 0.396 e. The maximum Gasteiger partial charge on any atom is 0.254 e. The van der Waals surface area contributed by atoms with Crippen LogP contribution in [0.4, 0.5) is 0 Å². The molecule has 1 aromatic carbocycles. The van der Waals surface area contributed by atoms with E-state index in [1.165, 1.54) is 0 Å².